The van der Waals surface area contributed by atoms with Crippen molar-refractivity contribution in [2.75, 3.05) is 17.7 Å². The molecule has 186 valence electrons. The summed E-state index contributed by atoms with van der Waals surface area (Å²) >= 11 is 0. The van der Waals surface area contributed by atoms with Gasteiger partial charge in [0.15, 0.2) is 5.65 Å². The molecule has 0 aliphatic heterocycles. The molecule has 0 spiro atoms. The van der Waals surface area contributed by atoms with Gasteiger partial charge < -0.3 is 25.6 Å². The quantitative estimate of drug-likeness (QED) is 0.421. The Labute approximate surface area is 199 Å². The Kier molecular flexibility index (Phi) is 5.50. The van der Waals surface area contributed by atoms with Crippen LogP contribution in [-0.4, -0.2) is 54.8 Å². The van der Waals surface area contributed by atoms with Crippen molar-refractivity contribution in [3.8, 4) is 0 Å². The summed E-state index contributed by atoms with van der Waals surface area (Å²) in [6, 6.07) is 4.09. The maximum Gasteiger partial charge on any atom is 0.274 e. The zero-order valence-corrected chi connectivity index (χ0v) is 19.4. The summed E-state index contributed by atoms with van der Waals surface area (Å²) in [6.45, 7) is 1.75. The van der Waals surface area contributed by atoms with Crippen molar-refractivity contribution >= 4 is 28.9 Å². The van der Waals surface area contributed by atoms with E-state index in [-0.39, 0.29) is 47.5 Å². The van der Waals surface area contributed by atoms with Gasteiger partial charge in [-0.2, -0.15) is 9.61 Å². The van der Waals surface area contributed by atoms with Crippen LogP contribution in [0, 0.1) is 0 Å². The third kappa shape index (κ3) is 4.45. The number of pyridine rings is 1. The number of rotatable bonds is 6. The number of carbonyl (C=O) groups excluding carboxylic acids is 1. The van der Waals surface area contributed by atoms with Crippen LogP contribution in [-0.2, 0) is 0 Å². The fourth-order valence-electron chi connectivity index (χ4n) is 4.83. The molecule has 2 saturated carbocycles. The summed E-state index contributed by atoms with van der Waals surface area (Å²) < 4.78 is 29.4. The van der Waals surface area contributed by atoms with E-state index in [0.29, 0.717) is 25.1 Å². The number of anilines is 3. The van der Waals surface area contributed by atoms with Crippen molar-refractivity contribution in [2.24, 2.45) is 0 Å². The van der Waals surface area contributed by atoms with Crippen LogP contribution in [0.3, 0.4) is 0 Å². The molecule has 12 heteroatoms. The van der Waals surface area contributed by atoms with E-state index >= 15 is 0 Å². The van der Waals surface area contributed by atoms with Gasteiger partial charge in [0.2, 0.25) is 0 Å². The molecular weight excluding hydrogens is 460 g/mol. The number of hydrogen-bond donors (Lipinski definition) is 4. The summed E-state index contributed by atoms with van der Waals surface area (Å²) in [5.74, 6) is -2.29. The lowest BCUT2D eigenvalue weighted by Crippen LogP contribution is -2.41. The minimum Gasteiger partial charge on any atom is -0.390 e. The minimum absolute atomic E-state index is 0.154. The van der Waals surface area contributed by atoms with Gasteiger partial charge in [-0.25, -0.2) is 13.8 Å². The molecule has 5 rings (SSSR count). The van der Waals surface area contributed by atoms with Gasteiger partial charge in [-0.15, -0.1) is 0 Å². The Balaban J connectivity index is 1.43. The van der Waals surface area contributed by atoms with Gasteiger partial charge >= 0.3 is 0 Å². The van der Waals surface area contributed by atoms with Crippen molar-refractivity contribution in [1.29, 1.82) is 0 Å². The topological polar surface area (TPSA) is 126 Å². The van der Waals surface area contributed by atoms with Gasteiger partial charge in [-0.05, 0) is 38.3 Å². The lowest BCUT2D eigenvalue weighted by Gasteiger charge is -2.36. The summed E-state index contributed by atoms with van der Waals surface area (Å²) in [6.07, 6.45) is 3.94. The summed E-state index contributed by atoms with van der Waals surface area (Å²) in [5.41, 5.74) is -0.526. The monoisotopic (exact) mass is 487 g/mol. The van der Waals surface area contributed by atoms with E-state index in [1.807, 2.05) is 0 Å². The van der Waals surface area contributed by atoms with Crippen molar-refractivity contribution < 1.29 is 18.7 Å². The number of fused-ring (bicyclic) bond motifs is 1. The average Bonchev–Trinajstić information content (AvgIpc) is 3.35. The molecule has 2 aliphatic carbocycles. The van der Waals surface area contributed by atoms with Gasteiger partial charge in [0.25, 0.3) is 17.4 Å². The second-order valence-corrected chi connectivity index (χ2v) is 9.66. The van der Waals surface area contributed by atoms with E-state index in [4.69, 9.17) is 0 Å². The largest absolute Gasteiger partial charge is 0.390 e. The molecule has 2 aliphatic rings. The van der Waals surface area contributed by atoms with Crippen LogP contribution in [0.5, 0.6) is 0 Å². The second kappa shape index (κ2) is 8.29. The van der Waals surface area contributed by atoms with E-state index in [1.54, 1.807) is 32.2 Å². The molecular formula is C23H27F2N7O3. The van der Waals surface area contributed by atoms with Gasteiger partial charge in [0, 0.05) is 44.2 Å². The standard InChI is InChI=1S/C23H27F2N7O3/c1-22(35)6-5-13(9-22)28-20(33)15-12-27-32-18(26-2)8-17(30-19(15)32)29-16-4-3-7-31(21(16)34)14-10-23(24,25)11-14/h3-4,7-8,12-14,26,35H,5-6,9-11H2,1-2H3,(H,28,33)(H,29,30)/t13-,22-/m1/s1. The van der Waals surface area contributed by atoms with Crippen molar-refractivity contribution in [3.05, 3.63) is 46.5 Å². The highest BCUT2D eigenvalue weighted by Gasteiger charge is 2.46. The summed E-state index contributed by atoms with van der Waals surface area (Å²) in [5, 5.41) is 23.3. The number of hydrogen-bond acceptors (Lipinski definition) is 7. The number of halogens is 2. The van der Waals surface area contributed by atoms with Gasteiger partial charge in [-0.3, -0.25) is 9.59 Å². The highest BCUT2D eigenvalue weighted by molar-refractivity contribution is 6.00. The van der Waals surface area contributed by atoms with Crippen LogP contribution >= 0.6 is 0 Å². The lowest BCUT2D eigenvalue weighted by atomic mass is 9.88. The molecule has 0 aromatic carbocycles. The zero-order chi connectivity index (χ0) is 25.0. The Morgan fingerprint density at radius 1 is 1.29 bits per heavy atom. The Bertz CT molecular complexity index is 1340. The molecule has 2 atom stereocenters. The van der Waals surface area contributed by atoms with Crippen molar-refractivity contribution in [3.63, 3.8) is 0 Å². The minimum atomic E-state index is -2.74. The highest BCUT2D eigenvalue weighted by atomic mass is 19.3. The summed E-state index contributed by atoms with van der Waals surface area (Å²) in [7, 11) is 1.69. The van der Waals surface area contributed by atoms with Crippen LogP contribution in [0.1, 0.15) is 55.4 Å². The molecule has 0 radical (unpaired) electrons. The zero-order valence-electron chi connectivity index (χ0n) is 19.4. The molecule has 1 amide bonds. The fourth-order valence-corrected chi connectivity index (χ4v) is 4.83. The third-order valence-corrected chi connectivity index (χ3v) is 6.72. The van der Waals surface area contributed by atoms with E-state index in [1.165, 1.54) is 21.5 Å². The average molecular weight is 488 g/mol. The predicted octanol–water partition coefficient (Wildman–Crippen LogP) is 2.68. The molecule has 0 unspecified atom stereocenters. The van der Waals surface area contributed by atoms with Crippen molar-refractivity contribution in [1.82, 2.24) is 24.5 Å². The molecule has 3 heterocycles. The number of aliphatic hydroxyl groups is 1. The molecule has 4 N–H and O–H groups in total. The number of aromatic nitrogens is 4. The fraction of sp³-hybridized carbons (Fsp3) is 0.478. The van der Waals surface area contributed by atoms with Crippen molar-refractivity contribution in [2.45, 2.75) is 62.6 Å². The first-order valence-electron chi connectivity index (χ1n) is 11.5. The number of carbonyl (C=O) groups is 1. The van der Waals surface area contributed by atoms with E-state index in [2.05, 4.69) is 26.0 Å². The predicted molar refractivity (Wildman–Crippen MR) is 125 cm³/mol. The molecule has 3 aromatic heterocycles. The molecule has 3 aromatic rings. The number of alkyl halides is 2. The van der Waals surface area contributed by atoms with Crippen LogP contribution in [0.25, 0.3) is 5.65 Å². The smallest absolute Gasteiger partial charge is 0.274 e. The van der Waals surface area contributed by atoms with Crippen LogP contribution < -0.4 is 21.5 Å². The maximum atomic E-state index is 13.3. The van der Waals surface area contributed by atoms with Gasteiger partial charge in [0.05, 0.1) is 11.8 Å². The maximum absolute atomic E-state index is 13.3. The Morgan fingerprint density at radius 2 is 2.06 bits per heavy atom. The molecule has 2 fully saturated rings. The third-order valence-electron chi connectivity index (χ3n) is 6.72. The number of nitrogens with one attached hydrogen (secondary N) is 3. The first-order valence-corrected chi connectivity index (χ1v) is 11.5. The van der Waals surface area contributed by atoms with E-state index in [0.717, 1.165) is 0 Å². The molecule has 0 saturated heterocycles. The van der Waals surface area contributed by atoms with Crippen LogP contribution in [0.4, 0.5) is 26.1 Å². The first kappa shape index (κ1) is 23.2. The number of amides is 1. The van der Waals surface area contributed by atoms with Gasteiger partial charge in [-0.1, -0.05) is 0 Å². The lowest BCUT2D eigenvalue weighted by molar-refractivity contribution is -0.104. The molecule has 0 bridgehead atoms. The summed E-state index contributed by atoms with van der Waals surface area (Å²) in [4.78, 5) is 30.4. The van der Waals surface area contributed by atoms with Crippen LogP contribution in [0.2, 0.25) is 0 Å². The van der Waals surface area contributed by atoms with Gasteiger partial charge in [0.1, 0.15) is 22.9 Å². The second-order valence-electron chi connectivity index (χ2n) is 9.66. The highest BCUT2D eigenvalue weighted by Crippen LogP contribution is 2.44. The molecule has 35 heavy (non-hydrogen) atoms. The SMILES string of the molecule is CNc1cc(Nc2cccn(C3CC(F)(F)C3)c2=O)nc2c(C(=O)N[C@@H]3CC[C@@](C)(O)C3)cnn12. The first-order chi connectivity index (χ1) is 16.5. The molecule has 10 nitrogen and oxygen atoms in total. The van der Waals surface area contributed by atoms with E-state index < -0.39 is 23.1 Å². The van der Waals surface area contributed by atoms with E-state index in [9.17, 15) is 23.5 Å². The van der Waals surface area contributed by atoms with Crippen LogP contribution in [0.15, 0.2) is 35.4 Å². The number of nitrogens with zero attached hydrogens (tertiary/aromatic N) is 4. The normalized spacial score (nSPS) is 23.7. The Morgan fingerprint density at radius 3 is 2.71 bits per heavy atom. The Hall–Kier alpha value is -3.54.